The van der Waals surface area contributed by atoms with E-state index in [0.29, 0.717) is 36.2 Å². The summed E-state index contributed by atoms with van der Waals surface area (Å²) < 4.78 is 7.68. The summed E-state index contributed by atoms with van der Waals surface area (Å²) in [6.45, 7) is 1.88. The number of allylic oxidation sites excluding steroid dienone is 1. The highest BCUT2D eigenvalue weighted by molar-refractivity contribution is 7.98. The molecule has 0 aliphatic carbocycles. The summed E-state index contributed by atoms with van der Waals surface area (Å²) >= 11 is 15.6. The second kappa shape index (κ2) is 11.3. The number of aromatic nitrogens is 1. The third-order valence-electron chi connectivity index (χ3n) is 6.16. The summed E-state index contributed by atoms with van der Waals surface area (Å²) in [6, 6.07) is 21.8. The fourth-order valence-corrected chi connectivity index (χ4v) is 6.21. The van der Waals surface area contributed by atoms with E-state index in [1.165, 1.54) is 11.3 Å². The molecule has 0 saturated carbocycles. The lowest BCUT2D eigenvalue weighted by Crippen LogP contribution is -2.39. The maximum absolute atomic E-state index is 13.8. The van der Waals surface area contributed by atoms with Crippen LogP contribution in [0.15, 0.2) is 98.7 Å². The molecule has 0 bridgehead atoms. The molecule has 0 amide bonds. The summed E-state index contributed by atoms with van der Waals surface area (Å²) in [5.41, 5.74) is 2.75. The Morgan fingerprint density at radius 1 is 1.05 bits per heavy atom. The average Bonchev–Trinajstić information content (AvgIpc) is 3.23. The number of fused-ring (bicyclic) bond motifs is 1. The normalized spacial score (nSPS) is 15.3. The minimum absolute atomic E-state index is 0.115. The molecule has 1 aliphatic heterocycles. The summed E-state index contributed by atoms with van der Waals surface area (Å²) in [6.07, 6.45) is 3.67. The Morgan fingerprint density at radius 2 is 1.74 bits per heavy atom. The van der Waals surface area contributed by atoms with Crippen LogP contribution in [0.2, 0.25) is 10.0 Å². The molecule has 0 saturated heterocycles. The second-order valence-electron chi connectivity index (χ2n) is 8.55. The van der Waals surface area contributed by atoms with E-state index in [1.807, 2.05) is 60.9 Å². The lowest BCUT2D eigenvalue weighted by Gasteiger charge is -2.25. The third-order valence-corrected chi connectivity index (χ3v) is 8.55. The van der Waals surface area contributed by atoms with Crippen LogP contribution in [0, 0.1) is 0 Å². The molecule has 9 heteroatoms. The van der Waals surface area contributed by atoms with Gasteiger partial charge in [-0.3, -0.25) is 9.36 Å². The highest BCUT2D eigenvalue weighted by Gasteiger charge is 2.33. The number of halogens is 2. The van der Waals surface area contributed by atoms with Gasteiger partial charge >= 0.3 is 5.97 Å². The molecule has 192 valence electrons. The fraction of sp³-hybridized carbons (Fsp3) is 0.138. The van der Waals surface area contributed by atoms with Gasteiger partial charge in [-0.05, 0) is 54.6 Å². The van der Waals surface area contributed by atoms with Crippen LogP contribution >= 0.6 is 46.3 Å². The number of esters is 1. The Bertz CT molecular complexity index is 1710. The van der Waals surface area contributed by atoms with Crippen molar-refractivity contribution in [1.29, 1.82) is 0 Å². The first-order valence-electron chi connectivity index (χ1n) is 11.7. The Morgan fingerprint density at radius 3 is 2.39 bits per heavy atom. The highest BCUT2D eigenvalue weighted by Crippen LogP contribution is 2.32. The number of ether oxygens (including phenoxy) is 1. The average molecular weight is 582 g/mol. The van der Waals surface area contributed by atoms with Gasteiger partial charge in [-0.2, -0.15) is 0 Å². The third kappa shape index (κ3) is 5.24. The van der Waals surface area contributed by atoms with Crippen LogP contribution in [0.1, 0.15) is 29.7 Å². The van der Waals surface area contributed by atoms with Gasteiger partial charge in [-0.1, -0.05) is 83.1 Å². The number of thioether (sulfide) groups is 1. The SMILES string of the molecule is CSc1ccc(C2C(C(=O)OCc3ccccc3)=C(C)N=c3sc(=Cc4c(Cl)cccc4Cl)c(=O)n32)cc1. The fourth-order valence-electron chi connectivity index (χ4n) is 4.26. The molecule has 0 N–H and O–H groups in total. The molecule has 1 unspecified atom stereocenters. The number of carbonyl (C=O) groups is 1. The van der Waals surface area contributed by atoms with Crippen LogP contribution in [0.3, 0.4) is 0 Å². The van der Waals surface area contributed by atoms with Crippen LogP contribution in [0.4, 0.5) is 0 Å². The van der Waals surface area contributed by atoms with Crippen molar-refractivity contribution >= 4 is 58.3 Å². The van der Waals surface area contributed by atoms with Gasteiger partial charge in [-0.15, -0.1) is 11.8 Å². The molecular weight excluding hydrogens is 559 g/mol. The van der Waals surface area contributed by atoms with E-state index in [0.717, 1.165) is 16.0 Å². The topological polar surface area (TPSA) is 60.7 Å². The van der Waals surface area contributed by atoms with Crippen molar-refractivity contribution in [2.45, 2.75) is 24.5 Å². The predicted molar refractivity (Wildman–Crippen MR) is 155 cm³/mol. The summed E-state index contributed by atoms with van der Waals surface area (Å²) in [7, 11) is 0. The Balaban J connectivity index is 1.64. The van der Waals surface area contributed by atoms with Crippen LogP contribution in [0.25, 0.3) is 6.08 Å². The minimum atomic E-state index is -0.700. The molecule has 1 aliphatic rings. The van der Waals surface area contributed by atoms with E-state index >= 15 is 0 Å². The van der Waals surface area contributed by atoms with Gasteiger partial charge in [0.05, 0.1) is 21.8 Å². The number of carbonyl (C=O) groups excluding carboxylic acids is 1. The number of nitrogens with zero attached hydrogens (tertiary/aromatic N) is 2. The van der Waals surface area contributed by atoms with Crippen molar-refractivity contribution in [3.8, 4) is 0 Å². The maximum Gasteiger partial charge on any atom is 0.338 e. The number of thiazole rings is 1. The molecule has 1 aromatic heterocycles. The first-order valence-corrected chi connectivity index (χ1v) is 14.5. The largest absolute Gasteiger partial charge is 0.457 e. The van der Waals surface area contributed by atoms with Gasteiger partial charge in [0, 0.05) is 20.5 Å². The Kier molecular flexibility index (Phi) is 7.91. The van der Waals surface area contributed by atoms with Crippen LogP contribution in [-0.4, -0.2) is 16.8 Å². The molecule has 0 fully saturated rings. The minimum Gasteiger partial charge on any atom is -0.457 e. The quantitative estimate of drug-likeness (QED) is 0.207. The lowest BCUT2D eigenvalue weighted by molar-refractivity contribution is -0.140. The van der Waals surface area contributed by atoms with E-state index in [-0.39, 0.29) is 12.2 Å². The van der Waals surface area contributed by atoms with Gasteiger partial charge in [0.15, 0.2) is 4.80 Å². The molecule has 5 nitrogen and oxygen atoms in total. The van der Waals surface area contributed by atoms with E-state index in [9.17, 15) is 9.59 Å². The molecule has 38 heavy (non-hydrogen) atoms. The Hall–Kier alpha value is -3.10. The highest BCUT2D eigenvalue weighted by atomic mass is 35.5. The van der Waals surface area contributed by atoms with Crippen molar-refractivity contribution < 1.29 is 9.53 Å². The van der Waals surface area contributed by atoms with E-state index in [2.05, 4.69) is 4.99 Å². The number of hydrogen-bond donors (Lipinski definition) is 0. The number of rotatable bonds is 6. The van der Waals surface area contributed by atoms with Gasteiger partial charge in [-0.25, -0.2) is 9.79 Å². The molecule has 5 rings (SSSR count). The standard InChI is InChI=1S/C29H22Cl2N2O3S2/c1-17-25(28(35)36-16-18-7-4-3-5-8-18)26(19-11-13-20(37-2)14-12-19)33-27(34)24(38-29(33)32-17)15-21-22(30)9-6-10-23(21)31/h3-15,26H,16H2,1-2H3. The molecule has 0 radical (unpaired) electrons. The van der Waals surface area contributed by atoms with Crippen molar-refractivity contribution in [3.63, 3.8) is 0 Å². The smallest absolute Gasteiger partial charge is 0.338 e. The van der Waals surface area contributed by atoms with Gasteiger partial charge in [0.1, 0.15) is 6.61 Å². The first kappa shape index (κ1) is 26.5. The Labute approximate surface area is 237 Å². The van der Waals surface area contributed by atoms with E-state index in [1.54, 1.807) is 47.5 Å². The van der Waals surface area contributed by atoms with E-state index < -0.39 is 12.0 Å². The van der Waals surface area contributed by atoms with Gasteiger partial charge in [0.25, 0.3) is 5.56 Å². The van der Waals surface area contributed by atoms with Crippen molar-refractivity contribution in [2.75, 3.05) is 6.26 Å². The lowest BCUT2D eigenvalue weighted by atomic mass is 9.96. The molecule has 1 atom stereocenters. The van der Waals surface area contributed by atoms with Crippen molar-refractivity contribution in [3.05, 3.63) is 130 Å². The predicted octanol–water partition coefficient (Wildman–Crippen LogP) is 6.01. The number of benzene rings is 3. The molecular formula is C29H22Cl2N2O3S2. The van der Waals surface area contributed by atoms with Gasteiger partial charge < -0.3 is 4.74 Å². The summed E-state index contributed by atoms with van der Waals surface area (Å²) in [5.74, 6) is -0.516. The van der Waals surface area contributed by atoms with E-state index in [4.69, 9.17) is 27.9 Å². The van der Waals surface area contributed by atoms with Crippen LogP contribution < -0.4 is 14.9 Å². The molecule has 3 aromatic carbocycles. The van der Waals surface area contributed by atoms with Crippen molar-refractivity contribution in [2.24, 2.45) is 4.99 Å². The van der Waals surface area contributed by atoms with Crippen LogP contribution in [-0.2, 0) is 16.1 Å². The first-order chi connectivity index (χ1) is 18.4. The summed E-state index contributed by atoms with van der Waals surface area (Å²) in [4.78, 5) is 33.5. The zero-order valence-corrected chi connectivity index (χ0v) is 23.6. The van der Waals surface area contributed by atoms with Crippen LogP contribution in [0.5, 0.6) is 0 Å². The second-order valence-corrected chi connectivity index (χ2v) is 11.3. The maximum atomic E-state index is 13.8. The zero-order chi connectivity index (χ0) is 26.8. The zero-order valence-electron chi connectivity index (χ0n) is 20.5. The number of hydrogen-bond acceptors (Lipinski definition) is 6. The monoisotopic (exact) mass is 580 g/mol. The van der Waals surface area contributed by atoms with Gasteiger partial charge in [0.2, 0.25) is 0 Å². The molecule has 0 spiro atoms. The van der Waals surface area contributed by atoms with Crippen molar-refractivity contribution in [1.82, 2.24) is 4.57 Å². The summed E-state index contributed by atoms with van der Waals surface area (Å²) in [5, 5.41) is 0.878. The molecule has 4 aromatic rings. The molecule has 2 heterocycles.